The third-order valence-corrected chi connectivity index (χ3v) is 9.38. The monoisotopic (exact) mass is 764 g/mol. The molecular weight excluding hydrogens is 691 g/mol. The maximum Gasteiger partial charge on any atom is 0.469 e. The van der Waals surface area contributed by atoms with E-state index in [1.807, 2.05) is 12.2 Å². The second-order valence-electron chi connectivity index (χ2n) is 14.5. The Labute approximate surface area is 322 Å². The van der Waals surface area contributed by atoms with Crippen LogP contribution in [0.5, 0.6) is 0 Å². The number of carbonyl (C=O) groups excluding carboxylic acids is 2. The molecule has 0 bridgehead atoms. The molecule has 0 aromatic heterocycles. The van der Waals surface area contributed by atoms with Crippen LogP contribution in [0.4, 0.5) is 0 Å². The van der Waals surface area contributed by atoms with Crippen molar-refractivity contribution in [1.82, 2.24) is 0 Å². The summed E-state index contributed by atoms with van der Waals surface area (Å²) in [4.78, 5) is 42.8. The number of ether oxygens (including phenoxy) is 3. The molecule has 10 heteroatoms. The van der Waals surface area contributed by atoms with Crippen molar-refractivity contribution in [3.05, 3.63) is 60.8 Å². The van der Waals surface area contributed by atoms with E-state index in [0.717, 1.165) is 57.3 Å². The molecule has 0 saturated carbocycles. The van der Waals surface area contributed by atoms with E-state index < -0.39 is 32.5 Å². The Hall–Kier alpha value is -2.29. The zero-order valence-electron chi connectivity index (χ0n) is 33.3. The molecule has 1 saturated heterocycles. The van der Waals surface area contributed by atoms with Gasteiger partial charge < -0.3 is 24.0 Å². The highest BCUT2D eigenvalue weighted by Gasteiger charge is 2.35. The third-order valence-electron chi connectivity index (χ3n) is 8.89. The van der Waals surface area contributed by atoms with Gasteiger partial charge in [-0.1, -0.05) is 159 Å². The zero-order valence-corrected chi connectivity index (χ0v) is 34.1. The van der Waals surface area contributed by atoms with Crippen molar-refractivity contribution in [1.29, 1.82) is 0 Å². The fourth-order valence-corrected chi connectivity index (χ4v) is 6.10. The van der Waals surface area contributed by atoms with Crippen LogP contribution in [0, 0.1) is 5.92 Å². The number of esters is 2. The lowest BCUT2D eigenvalue weighted by Gasteiger charge is -2.18. The van der Waals surface area contributed by atoms with Gasteiger partial charge in [0.2, 0.25) is 0 Å². The standard InChI is InChI=1S/C43H73O9P/c1-4-5-26-32-40-41(52-40)33-28-23-19-15-11-7-9-13-17-21-25-30-35-43(45)51-39(37-50-53(46,47)48)36-49-42(44)34-29-24-20-16-12-8-6-10-14-18-22-27-31-38(2)3/h5,9,11,13,15,21,23,25-26,28,38-41H,4,6-8,10,12,14,16-20,22,24,27,29-37H2,1-3H3,(H2,46,47,48)/b13-9-,15-11-,25-21-,26-5-,28-23-/t39-,40?,41?/m1/s1. The molecule has 1 rings (SSSR count). The van der Waals surface area contributed by atoms with Crippen LogP contribution in [-0.4, -0.2) is 53.3 Å². The SMILES string of the molecule is CC/C=C\CC1OC1C/C=C\C/C=C\C/C=C\C/C=C\CCC(=O)O[C@H](COC(=O)CCCCCCCCCCCCCCC(C)C)COP(=O)(O)O. The van der Waals surface area contributed by atoms with Gasteiger partial charge in [0.15, 0.2) is 6.10 Å². The number of phosphoric ester groups is 1. The van der Waals surface area contributed by atoms with Crippen LogP contribution in [-0.2, 0) is 32.9 Å². The summed E-state index contributed by atoms with van der Waals surface area (Å²) in [5.74, 6) is -0.176. The summed E-state index contributed by atoms with van der Waals surface area (Å²) < 4.78 is 32.0. The van der Waals surface area contributed by atoms with Gasteiger partial charge >= 0.3 is 19.8 Å². The minimum Gasteiger partial charge on any atom is -0.462 e. The van der Waals surface area contributed by atoms with Crippen molar-refractivity contribution >= 4 is 19.8 Å². The normalized spacial score (nSPS) is 17.0. The second kappa shape index (κ2) is 33.1. The Morgan fingerprint density at radius 3 is 1.66 bits per heavy atom. The van der Waals surface area contributed by atoms with Crippen molar-refractivity contribution in [2.45, 2.75) is 180 Å². The average Bonchev–Trinajstić information content (AvgIpc) is 3.87. The number of unbranched alkanes of at least 4 members (excludes halogenated alkanes) is 11. The van der Waals surface area contributed by atoms with Crippen molar-refractivity contribution < 1.29 is 42.7 Å². The molecule has 0 amide bonds. The van der Waals surface area contributed by atoms with Crippen LogP contribution >= 0.6 is 7.82 Å². The number of rotatable bonds is 35. The number of hydrogen-bond donors (Lipinski definition) is 2. The number of allylic oxidation sites excluding steroid dienone is 8. The predicted octanol–water partition coefficient (Wildman–Crippen LogP) is 11.4. The molecule has 9 nitrogen and oxygen atoms in total. The fraction of sp³-hybridized carbons (Fsp3) is 0.721. The lowest BCUT2D eigenvalue weighted by molar-refractivity contribution is -0.161. The van der Waals surface area contributed by atoms with Gasteiger partial charge in [0.25, 0.3) is 0 Å². The van der Waals surface area contributed by atoms with Crippen molar-refractivity contribution in [3.63, 3.8) is 0 Å². The summed E-state index contributed by atoms with van der Waals surface area (Å²) >= 11 is 0. The highest BCUT2D eigenvalue weighted by molar-refractivity contribution is 7.46. The van der Waals surface area contributed by atoms with Gasteiger partial charge in [-0.05, 0) is 57.3 Å². The summed E-state index contributed by atoms with van der Waals surface area (Å²) in [6.07, 6.45) is 42.8. The van der Waals surface area contributed by atoms with E-state index in [2.05, 4.69) is 73.9 Å². The minimum atomic E-state index is -4.78. The van der Waals surface area contributed by atoms with E-state index in [1.165, 1.54) is 64.2 Å². The predicted molar refractivity (Wildman–Crippen MR) is 215 cm³/mol. The van der Waals surface area contributed by atoms with E-state index in [4.69, 9.17) is 24.0 Å². The molecule has 3 atom stereocenters. The van der Waals surface area contributed by atoms with Crippen molar-refractivity contribution in [2.75, 3.05) is 13.2 Å². The van der Waals surface area contributed by atoms with Crippen LogP contribution in [0.25, 0.3) is 0 Å². The first-order valence-electron chi connectivity index (χ1n) is 20.6. The summed E-state index contributed by atoms with van der Waals surface area (Å²) in [7, 11) is -4.78. The van der Waals surface area contributed by atoms with Crippen LogP contribution in [0.15, 0.2) is 60.8 Å². The third kappa shape index (κ3) is 34.0. The van der Waals surface area contributed by atoms with Gasteiger partial charge in [0, 0.05) is 12.8 Å². The second-order valence-corrected chi connectivity index (χ2v) is 15.7. The molecule has 0 aromatic carbocycles. The first kappa shape index (κ1) is 48.7. The average molecular weight is 765 g/mol. The molecule has 0 aliphatic carbocycles. The molecule has 1 heterocycles. The number of phosphoric acid groups is 1. The first-order chi connectivity index (χ1) is 25.6. The zero-order chi connectivity index (χ0) is 38.8. The van der Waals surface area contributed by atoms with Gasteiger partial charge in [-0.2, -0.15) is 0 Å². The van der Waals surface area contributed by atoms with Gasteiger partial charge in [0.1, 0.15) is 6.61 Å². The molecule has 2 N–H and O–H groups in total. The largest absolute Gasteiger partial charge is 0.469 e. The van der Waals surface area contributed by atoms with E-state index in [-0.39, 0.29) is 19.4 Å². The summed E-state index contributed by atoms with van der Waals surface area (Å²) in [5, 5.41) is 0. The lowest BCUT2D eigenvalue weighted by atomic mass is 10.0. The van der Waals surface area contributed by atoms with E-state index >= 15 is 0 Å². The number of hydrogen-bond acceptors (Lipinski definition) is 7. The number of carbonyl (C=O) groups is 2. The van der Waals surface area contributed by atoms with Crippen molar-refractivity contribution in [2.24, 2.45) is 5.92 Å². The molecule has 0 spiro atoms. The summed E-state index contributed by atoms with van der Waals surface area (Å²) in [6.45, 7) is 5.83. The van der Waals surface area contributed by atoms with Gasteiger partial charge in [-0.3, -0.25) is 14.1 Å². The van der Waals surface area contributed by atoms with Crippen LogP contribution < -0.4 is 0 Å². The fourth-order valence-electron chi connectivity index (χ4n) is 5.74. The highest BCUT2D eigenvalue weighted by Crippen LogP contribution is 2.36. The quantitative estimate of drug-likeness (QED) is 0.0213. The maximum absolute atomic E-state index is 12.4. The molecule has 304 valence electrons. The van der Waals surface area contributed by atoms with Crippen LogP contribution in [0.3, 0.4) is 0 Å². The molecular formula is C43H73O9P. The maximum atomic E-state index is 12.4. The Kier molecular flexibility index (Phi) is 30.4. The minimum absolute atomic E-state index is 0.0820. The molecule has 0 aromatic rings. The molecule has 1 aliphatic rings. The Bertz CT molecular complexity index is 1120. The van der Waals surface area contributed by atoms with Gasteiger partial charge in [-0.15, -0.1) is 0 Å². The lowest BCUT2D eigenvalue weighted by Crippen LogP contribution is -2.29. The topological polar surface area (TPSA) is 132 Å². The molecule has 53 heavy (non-hydrogen) atoms. The molecule has 1 aliphatic heterocycles. The summed E-state index contributed by atoms with van der Waals surface area (Å²) in [6, 6.07) is 0. The van der Waals surface area contributed by atoms with Crippen molar-refractivity contribution in [3.8, 4) is 0 Å². The Morgan fingerprint density at radius 1 is 0.642 bits per heavy atom. The van der Waals surface area contributed by atoms with Crippen LogP contribution in [0.1, 0.15) is 162 Å². The molecule has 1 fully saturated rings. The van der Waals surface area contributed by atoms with Gasteiger partial charge in [-0.25, -0.2) is 4.57 Å². The highest BCUT2D eigenvalue weighted by atomic mass is 31.2. The Balaban J connectivity index is 2.12. The van der Waals surface area contributed by atoms with E-state index in [1.54, 1.807) is 0 Å². The number of epoxide rings is 1. The Morgan fingerprint density at radius 2 is 1.13 bits per heavy atom. The van der Waals surface area contributed by atoms with E-state index in [9.17, 15) is 14.2 Å². The molecule has 0 radical (unpaired) electrons. The van der Waals surface area contributed by atoms with Gasteiger partial charge in [0.05, 0.1) is 18.8 Å². The van der Waals surface area contributed by atoms with Crippen LogP contribution in [0.2, 0.25) is 0 Å². The van der Waals surface area contributed by atoms with E-state index in [0.29, 0.717) is 25.0 Å². The smallest absolute Gasteiger partial charge is 0.462 e. The molecule has 2 unspecified atom stereocenters. The summed E-state index contributed by atoms with van der Waals surface area (Å²) in [5.41, 5.74) is 0. The first-order valence-corrected chi connectivity index (χ1v) is 22.1.